The molecule has 0 amide bonds. The van der Waals surface area contributed by atoms with Crippen molar-refractivity contribution >= 4 is 11.3 Å². The molecule has 74 valence electrons. The fourth-order valence-electron chi connectivity index (χ4n) is 1.52. The van der Waals surface area contributed by atoms with E-state index in [0.717, 1.165) is 12.8 Å². The lowest BCUT2D eigenvalue weighted by Gasteiger charge is -2.22. The third-order valence-electron chi connectivity index (χ3n) is 2.18. The quantitative estimate of drug-likeness (QED) is 0.695. The van der Waals surface area contributed by atoms with Gasteiger partial charge in [-0.05, 0) is 6.42 Å². The van der Waals surface area contributed by atoms with Gasteiger partial charge < -0.3 is 0 Å². The van der Waals surface area contributed by atoms with Gasteiger partial charge in [0.1, 0.15) is 0 Å². The zero-order chi connectivity index (χ0) is 10.1. The third-order valence-corrected chi connectivity index (χ3v) is 3.47. The number of rotatable bonds is 3. The Kier molecular flexibility index (Phi) is 3.06. The number of halogens is 2. The van der Waals surface area contributed by atoms with Crippen LogP contribution in [0.2, 0.25) is 0 Å². The summed E-state index contributed by atoms with van der Waals surface area (Å²) in [6.07, 6.45) is 1.86. The van der Waals surface area contributed by atoms with Gasteiger partial charge in [0.2, 0.25) is 0 Å². The molecule has 1 rings (SSSR count). The van der Waals surface area contributed by atoms with Gasteiger partial charge in [-0.25, -0.2) is 8.78 Å². The van der Waals surface area contributed by atoms with E-state index in [1.165, 1.54) is 16.7 Å². The van der Waals surface area contributed by atoms with Gasteiger partial charge in [-0.3, -0.25) is 0 Å². The Balaban J connectivity index is 2.99. The minimum absolute atomic E-state index is 0.242. The molecular formula is C10H14F2S. The second kappa shape index (κ2) is 3.74. The molecule has 1 aromatic rings. The summed E-state index contributed by atoms with van der Waals surface area (Å²) in [4.78, 5) is 0.534. The van der Waals surface area contributed by atoms with E-state index in [4.69, 9.17) is 0 Å². The molecule has 3 heteroatoms. The Morgan fingerprint density at radius 2 is 2.00 bits per heavy atom. The lowest BCUT2D eigenvalue weighted by Crippen LogP contribution is -2.16. The van der Waals surface area contributed by atoms with Gasteiger partial charge in [-0.15, -0.1) is 11.3 Å². The Morgan fingerprint density at radius 3 is 2.38 bits per heavy atom. The topological polar surface area (TPSA) is 0 Å². The van der Waals surface area contributed by atoms with Crippen molar-refractivity contribution < 1.29 is 8.78 Å². The molecule has 0 N–H and O–H groups in total. The van der Waals surface area contributed by atoms with Gasteiger partial charge in [0, 0.05) is 15.7 Å². The van der Waals surface area contributed by atoms with E-state index in [1.54, 1.807) is 0 Å². The van der Waals surface area contributed by atoms with Crippen LogP contribution in [-0.2, 0) is 5.41 Å². The van der Waals surface area contributed by atoms with Crippen molar-refractivity contribution in [1.82, 2.24) is 0 Å². The molecule has 0 aliphatic rings. The summed E-state index contributed by atoms with van der Waals surface area (Å²) < 4.78 is 26.0. The highest BCUT2D eigenvalue weighted by Gasteiger charge is 2.26. The summed E-state index contributed by atoms with van der Waals surface area (Å²) in [6.45, 7) is 5.94. The van der Waals surface area contributed by atoms with Gasteiger partial charge in [0.05, 0.1) is 0 Å². The van der Waals surface area contributed by atoms with E-state index in [-0.39, 0.29) is 5.41 Å². The van der Waals surface area contributed by atoms with E-state index in [2.05, 4.69) is 0 Å². The molecule has 0 saturated carbocycles. The molecule has 0 nitrogen and oxygen atoms in total. The molecule has 0 unspecified atom stereocenters. The SMILES string of the molecule is CCCC(C)(C)c1scc(F)c1F. The minimum atomic E-state index is -0.718. The van der Waals surface area contributed by atoms with E-state index in [9.17, 15) is 8.78 Å². The first kappa shape index (κ1) is 10.6. The normalized spacial score (nSPS) is 12.1. The maximum atomic E-state index is 13.2. The summed E-state index contributed by atoms with van der Waals surface area (Å²) in [6, 6.07) is 0. The second-order valence-electron chi connectivity index (χ2n) is 3.86. The summed E-state index contributed by atoms with van der Waals surface area (Å²) in [5, 5.41) is 1.24. The third kappa shape index (κ3) is 2.08. The predicted octanol–water partition coefficient (Wildman–Crippen LogP) is 4.10. The van der Waals surface area contributed by atoms with Gasteiger partial charge in [-0.1, -0.05) is 27.2 Å². The molecule has 0 atom stereocenters. The van der Waals surface area contributed by atoms with E-state index >= 15 is 0 Å². The van der Waals surface area contributed by atoms with Crippen molar-refractivity contribution in [3.8, 4) is 0 Å². The molecule has 0 bridgehead atoms. The summed E-state index contributed by atoms with van der Waals surface area (Å²) >= 11 is 1.17. The zero-order valence-corrected chi connectivity index (χ0v) is 8.97. The highest BCUT2D eigenvalue weighted by Crippen LogP contribution is 2.35. The van der Waals surface area contributed by atoms with Crippen LogP contribution in [0.4, 0.5) is 8.78 Å². The van der Waals surface area contributed by atoms with Crippen LogP contribution in [0.5, 0.6) is 0 Å². The van der Waals surface area contributed by atoms with Crippen molar-refractivity contribution in [2.45, 2.75) is 39.0 Å². The maximum absolute atomic E-state index is 13.2. The minimum Gasteiger partial charge on any atom is -0.203 e. The van der Waals surface area contributed by atoms with Crippen LogP contribution in [-0.4, -0.2) is 0 Å². The maximum Gasteiger partial charge on any atom is 0.173 e. The van der Waals surface area contributed by atoms with Crippen molar-refractivity contribution in [2.75, 3.05) is 0 Å². The fourth-order valence-corrected chi connectivity index (χ4v) is 2.46. The summed E-state index contributed by atoms with van der Waals surface area (Å²) in [5.74, 6) is -1.38. The van der Waals surface area contributed by atoms with Gasteiger partial charge in [0.15, 0.2) is 11.6 Å². The van der Waals surface area contributed by atoms with Crippen LogP contribution in [0.25, 0.3) is 0 Å². The van der Waals surface area contributed by atoms with E-state index in [1.807, 2.05) is 20.8 Å². The van der Waals surface area contributed by atoms with Gasteiger partial charge in [0.25, 0.3) is 0 Å². The molecule has 0 aliphatic heterocycles. The average Bonchev–Trinajstić information content (AvgIpc) is 2.33. The monoisotopic (exact) mass is 204 g/mol. The second-order valence-corrected chi connectivity index (χ2v) is 4.74. The van der Waals surface area contributed by atoms with Crippen LogP contribution >= 0.6 is 11.3 Å². The predicted molar refractivity (Wildman–Crippen MR) is 52.2 cm³/mol. The van der Waals surface area contributed by atoms with E-state index in [0.29, 0.717) is 4.88 Å². The first-order valence-electron chi connectivity index (χ1n) is 4.42. The van der Waals surface area contributed by atoms with Crippen LogP contribution in [0.1, 0.15) is 38.5 Å². The highest BCUT2D eigenvalue weighted by atomic mass is 32.1. The molecule has 1 aromatic heterocycles. The molecule has 0 aliphatic carbocycles. The fraction of sp³-hybridized carbons (Fsp3) is 0.600. The lowest BCUT2D eigenvalue weighted by molar-refractivity contribution is 0.437. The molecule has 1 heterocycles. The Hall–Kier alpha value is -0.440. The first-order chi connectivity index (χ1) is 5.99. The lowest BCUT2D eigenvalue weighted by atomic mass is 9.86. The Bertz CT molecular complexity index is 289. The zero-order valence-electron chi connectivity index (χ0n) is 8.16. The summed E-state index contributed by atoms with van der Waals surface area (Å²) in [7, 11) is 0. The molecule has 0 fully saturated rings. The number of hydrogen-bond donors (Lipinski definition) is 0. The van der Waals surface area contributed by atoms with Crippen molar-refractivity contribution in [3.63, 3.8) is 0 Å². The molecule has 13 heavy (non-hydrogen) atoms. The van der Waals surface area contributed by atoms with Gasteiger partial charge >= 0.3 is 0 Å². The summed E-state index contributed by atoms with van der Waals surface area (Å²) in [5.41, 5.74) is -0.242. The van der Waals surface area contributed by atoms with Crippen LogP contribution in [0, 0.1) is 11.6 Å². The molecule has 0 aromatic carbocycles. The van der Waals surface area contributed by atoms with Crippen LogP contribution < -0.4 is 0 Å². The Labute approximate surface area is 81.6 Å². The number of hydrogen-bond acceptors (Lipinski definition) is 1. The molecule has 0 spiro atoms. The molecular weight excluding hydrogens is 190 g/mol. The highest BCUT2D eigenvalue weighted by molar-refractivity contribution is 7.10. The molecule has 0 radical (unpaired) electrons. The van der Waals surface area contributed by atoms with Gasteiger partial charge in [-0.2, -0.15) is 0 Å². The first-order valence-corrected chi connectivity index (χ1v) is 5.30. The van der Waals surface area contributed by atoms with Crippen molar-refractivity contribution in [3.05, 3.63) is 21.9 Å². The van der Waals surface area contributed by atoms with Crippen LogP contribution in [0.15, 0.2) is 5.38 Å². The average molecular weight is 204 g/mol. The smallest absolute Gasteiger partial charge is 0.173 e. The van der Waals surface area contributed by atoms with Crippen LogP contribution in [0.3, 0.4) is 0 Å². The van der Waals surface area contributed by atoms with Crippen molar-refractivity contribution in [1.29, 1.82) is 0 Å². The molecule has 0 saturated heterocycles. The number of thiophene rings is 1. The standard InChI is InChI=1S/C10H14F2S/c1-4-5-10(2,3)9-8(12)7(11)6-13-9/h6H,4-5H2,1-3H3. The van der Waals surface area contributed by atoms with E-state index < -0.39 is 11.6 Å². The van der Waals surface area contributed by atoms with Crippen molar-refractivity contribution in [2.24, 2.45) is 0 Å². The largest absolute Gasteiger partial charge is 0.203 e. The Morgan fingerprint density at radius 1 is 1.38 bits per heavy atom.